The second kappa shape index (κ2) is 35.9. The highest BCUT2D eigenvalue weighted by Gasteiger charge is 2.12. The summed E-state index contributed by atoms with van der Waals surface area (Å²) in [5.74, 6) is -0.566. The van der Waals surface area contributed by atoms with Gasteiger partial charge in [0.05, 0.1) is 0 Å². The van der Waals surface area contributed by atoms with Crippen molar-refractivity contribution < 1.29 is 24.2 Å². The van der Waals surface area contributed by atoms with Crippen LogP contribution in [0.1, 0.15) is 194 Å². The van der Waals surface area contributed by atoms with Gasteiger partial charge in [-0.2, -0.15) is 0 Å². The monoisotopic (exact) mass is 621 g/mol. The molecule has 1 N–H and O–H groups in total. The van der Waals surface area contributed by atoms with Crippen molar-refractivity contribution in [3.63, 3.8) is 0 Å². The number of aliphatic hydroxyl groups excluding tert-OH is 1. The molecule has 0 aromatic heterocycles. The summed E-state index contributed by atoms with van der Waals surface area (Å²) in [5, 5.41) is 9.98. The molecule has 44 heavy (non-hydrogen) atoms. The molecular weight excluding hydrogens is 548 g/mol. The van der Waals surface area contributed by atoms with Crippen molar-refractivity contribution in [2.24, 2.45) is 0 Å². The van der Waals surface area contributed by atoms with Crippen molar-refractivity contribution in [1.82, 2.24) is 0 Å². The topological polar surface area (TPSA) is 72.8 Å². The Bertz CT molecular complexity index is 671. The first-order valence-corrected chi connectivity index (χ1v) is 18.9. The summed E-state index contributed by atoms with van der Waals surface area (Å²) in [6.07, 6.45) is 40.8. The summed E-state index contributed by atoms with van der Waals surface area (Å²) >= 11 is 0. The Morgan fingerprint density at radius 1 is 0.477 bits per heavy atom. The fraction of sp³-hybridized carbons (Fsp3) is 0.846. The van der Waals surface area contributed by atoms with Crippen LogP contribution in [0.25, 0.3) is 0 Å². The summed E-state index contributed by atoms with van der Waals surface area (Å²) in [5.41, 5.74) is 0. The quantitative estimate of drug-likeness (QED) is 0.0440. The van der Waals surface area contributed by atoms with Gasteiger partial charge in [0.1, 0.15) is 19.3 Å². The molecule has 0 aliphatic carbocycles. The first-order chi connectivity index (χ1) is 21.6. The van der Waals surface area contributed by atoms with Crippen LogP contribution >= 0.6 is 0 Å². The molecular formula is C39H72O5. The van der Waals surface area contributed by atoms with Gasteiger partial charge in [-0.3, -0.25) is 9.59 Å². The Labute approximate surface area is 273 Å². The minimum Gasteiger partial charge on any atom is -0.463 e. The summed E-state index contributed by atoms with van der Waals surface area (Å²) in [7, 11) is 0. The number of carbonyl (C=O) groups is 2. The van der Waals surface area contributed by atoms with Gasteiger partial charge < -0.3 is 14.6 Å². The number of rotatable bonds is 34. The maximum atomic E-state index is 11.9. The SMILES string of the molecule is CCCCC/C=C\C/C=C\CCCCCCCCCCCC(=O)OC[C@H](O)COC(=O)CCCCCCCCCCCCC. The van der Waals surface area contributed by atoms with Gasteiger partial charge in [0, 0.05) is 12.8 Å². The standard InChI is InChI=1S/C39H72O5/c1-3-5-7-9-11-13-15-16-17-18-19-20-21-22-24-26-28-30-32-34-39(42)44-36-37(40)35-43-38(41)33-31-29-27-25-23-14-12-10-8-6-4-2/h11,13,16-17,37,40H,3-10,12,14-15,18-36H2,1-2H3/b13-11-,17-16-/t37-/m1/s1. The van der Waals surface area contributed by atoms with Gasteiger partial charge in [-0.05, 0) is 44.9 Å². The minimum absolute atomic E-state index is 0.113. The van der Waals surface area contributed by atoms with Crippen LogP contribution in [-0.4, -0.2) is 36.4 Å². The predicted octanol–water partition coefficient (Wildman–Crippen LogP) is 11.5. The number of carbonyl (C=O) groups excluding carboxylic acids is 2. The van der Waals surface area contributed by atoms with Crippen molar-refractivity contribution >= 4 is 11.9 Å². The lowest BCUT2D eigenvalue weighted by Gasteiger charge is -2.12. The lowest BCUT2D eigenvalue weighted by Crippen LogP contribution is -2.25. The number of unbranched alkanes of at least 4 members (excludes halogenated alkanes) is 22. The third-order valence-electron chi connectivity index (χ3n) is 8.19. The van der Waals surface area contributed by atoms with Gasteiger partial charge in [-0.25, -0.2) is 0 Å². The zero-order chi connectivity index (χ0) is 32.2. The van der Waals surface area contributed by atoms with E-state index in [1.165, 1.54) is 122 Å². The largest absolute Gasteiger partial charge is 0.463 e. The van der Waals surface area contributed by atoms with Crippen LogP contribution in [0.5, 0.6) is 0 Å². The van der Waals surface area contributed by atoms with Crippen LogP contribution in [0.2, 0.25) is 0 Å². The second-order valence-electron chi connectivity index (χ2n) is 12.7. The number of allylic oxidation sites excluding steroid dienone is 4. The van der Waals surface area contributed by atoms with Crippen molar-refractivity contribution in [2.45, 2.75) is 200 Å². The Hall–Kier alpha value is -1.62. The fourth-order valence-corrected chi connectivity index (χ4v) is 5.29. The molecule has 5 nitrogen and oxygen atoms in total. The van der Waals surface area contributed by atoms with E-state index in [4.69, 9.17) is 9.47 Å². The van der Waals surface area contributed by atoms with Crippen LogP contribution in [0.3, 0.4) is 0 Å². The third kappa shape index (κ3) is 34.9. The number of ether oxygens (including phenoxy) is 2. The van der Waals surface area contributed by atoms with E-state index in [-0.39, 0.29) is 25.2 Å². The first kappa shape index (κ1) is 42.4. The summed E-state index contributed by atoms with van der Waals surface area (Å²) in [6.45, 7) is 4.27. The number of hydrogen-bond acceptors (Lipinski definition) is 5. The van der Waals surface area contributed by atoms with Crippen LogP contribution < -0.4 is 0 Å². The van der Waals surface area contributed by atoms with Gasteiger partial charge in [0.25, 0.3) is 0 Å². The molecule has 0 spiro atoms. The van der Waals surface area contributed by atoms with Gasteiger partial charge in [-0.1, -0.05) is 160 Å². The lowest BCUT2D eigenvalue weighted by atomic mass is 10.1. The van der Waals surface area contributed by atoms with E-state index < -0.39 is 6.10 Å². The van der Waals surface area contributed by atoms with E-state index in [9.17, 15) is 14.7 Å². The van der Waals surface area contributed by atoms with E-state index in [2.05, 4.69) is 38.2 Å². The van der Waals surface area contributed by atoms with E-state index in [1.807, 2.05) is 0 Å². The van der Waals surface area contributed by atoms with Crippen LogP contribution in [-0.2, 0) is 19.1 Å². The first-order valence-electron chi connectivity index (χ1n) is 18.9. The molecule has 0 fully saturated rings. The average Bonchev–Trinajstić information content (AvgIpc) is 3.02. The Balaban J connectivity index is 3.42. The summed E-state index contributed by atoms with van der Waals surface area (Å²) in [6, 6.07) is 0. The highest BCUT2D eigenvalue weighted by atomic mass is 16.6. The molecule has 0 rings (SSSR count). The van der Waals surface area contributed by atoms with Crippen molar-refractivity contribution in [1.29, 1.82) is 0 Å². The van der Waals surface area contributed by atoms with Crippen LogP contribution in [0.4, 0.5) is 0 Å². The fourth-order valence-electron chi connectivity index (χ4n) is 5.29. The Kier molecular flexibility index (Phi) is 34.5. The van der Waals surface area contributed by atoms with Crippen LogP contribution in [0.15, 0.2) is 24.3 Å². The van der Waals surface area contributed by atoms with E-state index >= 15 is 0 Å². The van der Waals surface area contributed by atoms with Crippen molar-refractivity contribution in [2.75, 3.05) is 13.2 Å². The molecule has 0 amide bonds. The van der Waals surface area contributed by atoms with Gasteiger partial charge in [0.2, 0.25) is 0 Å². The molecule has 0 aromatic carbocycles. The van der Waals surface area contributed by atoms with Crippen LogP contribution in [0, 0.1) is 0 Å². The normalized spacial score (nSPS) is 12.3. The smallest absolute Gasteiger partial charge is 0.305 e. The molecule has 5 heteroatoms. The van der Waals surface area contributed by atoms with E-state index in [0.29, 0.717) is 12.8 Å². The third-order valence-corrected chi connectivity index (χ3v) is 8.19. The van der Waals surface area contributed by atoms with Gasteiger partial charge >= 0.3 is 11.9 Å². The van der Waals surface area contributed by atoms with Gasteiger partial charge in [0.15, 0.2) is 0 Å². The average molecular weight is 621 g/mol. The molecule has 0 heterocycles. The molecule has 0 bridgehead atoms. The molecule has 0 saturated carbocycles. The Morgan fingerprint density at radius 3 is 1.20 bits per heavy atom. The lowest BCUT2D eigenvalue weighted by molar-refractivity contribution is -0.152. The predicted molar refractivity (Wildman–Crippen MR) is 187 cm³/mol. The molecule has 258 valence electrons. The summed E-state index contributed by atoms with van der Waals surface area (Å²) in [4.78, 5) is 23.8. The second-order valence-corrected chi connectivity index (χ2v) is 12.7. The Morgan fingerprint density at radius 2 is 0.795 bits per heavy atom. The van der Waals surface area contributed by atoms with Crippen molar-refractivity contribution in [3.8, 4) is 0 Å². The highest BCUT2D eigenvalue weighted by Crippen LogP contribution is 2.13. The van der Waals surface area contributed by atoms with Crippen molar-refractivity contribution in [3.05, 3.63) is 24.3 Å². The maximum absolute atomic E-state index is 11.9. The molecule has 0 aromatic rings. The highest BCUT2D eigenvalue weighted by molar-refractivity contribution is 5.69. The zero-order valence-electron chi connectivity index (χ0n) is 29.2. The molecule has 1 atom stereocenters. The minimum atomic E-state index is -0.960. The molecule has 0 radical (unpaired) electrons. The zero-order valence-corrected chi connectivity index (χ0v) is 29.2. The van der Waals surface area contributed by atoms with Gasteiger partial charge in [-0.15, -0.1) is 0 Å². The molecule has 0 saturated heterocycles. The number of hydrogen-bond donors (Lipinski definition) is 1. The summed E-state index contributed by atoms with van der Waals surface area (Å²) < 4.78 is 10.3. The maximum Gasteiger partial charge on any atom is 0.305 e. The molecule has 0 aliphatic rings. The van der Waals surface area contributed by atoms with E-state index in [0.717, 1.165) is 44.9 Å². The van der Waals surface area contributed by atoms with E-state index in [1.54, 1.807) is 0 Å². The number of esters is 2. The molecule has 0 unspecified atom stereocenters. The number of aliphatic hydroxyl groups is 1. The molecule has 0 aliphatic heterocycles.